The number of carbonyl (C=O) groups excluding carboxylic acids is 2. The lowest BCUT2D eigenvalue weighted by Gasteiger charge is -2.43. The average molecular weight is 441 g/mol. The Morgan fingerprint density at radius 1 is 0.969 bits per heavy atom. The first-order chi connectivity index (χ1) is 15.4. The van der Waals surface area contributed by atoms with E-state index in [1.54, 1.807) is 37.3 Å². The lowest BCUT2D eigenvalue weighted by molar-refractivity contribution is -0.270. The largest absolute Gasteiger partial charge is 0.467 e. The zero-order valence-electron chi connectivity index (χ0n) is 18.2. The van der Waals surface area contributed by atoms with E-state index >= 15 is 0 Å². The maximum absolute atomic E-state index is 12.8. The van der Waals surface area contributed by atoms with Crippen LogP contribution in [0.25, 0.3) is 0 Å². The predicted octanol–water partition coefficient (Wildman–Crippen LogP) is 3.35. The van der Waals surface area contributed by atoms with Gasteiger partial charge in [0.15, 0.2) is 18.1 Å². The van der Waals surface area contributed by atoms with Crippen LogP contribution in [0.5, 0.6) is 0 Å². The van der Waals surface area contributed by atoms with Gasteiger partial charge < -0.3 is 23.7 Å². The predicted molar refractivity (Wildman–Crippen MR) is 115 cm³/mol. The summed E-state index contributed by atoms with van der Waals surface area (Å²) < 4.78 is 28.1. The molecule has 0 saturated carbocycles. The molecule has 3 rings (SSSR count). The van der Waals surface area contributed by atoms with Gasteiger partial charge in [-0.2, -0.15) is 0 Å². The molecule has 1 saturated heterocycles. The van der Waals surface area contributed by atoms with Crippen molar-refractivity contribution in [1.82, 2.24) is 0 Å². The smallest absolute Gasteiger partial charge is 0.338 e. The van der Waals surface area contributed by atoms with Gasteiger partial charge in [0.25, 0.3) is 0 Å². The lowest BCUT2D eigenvalue weighted by Crippen LogP contribution is -2.59. The molecule has 0 aliphatic carbocycles. The summed E-state index contributed by atoms with van der Waals surface area (Å²) in [5, 5.41) is 7.74. The third-order valence-corrected chi connectivity index (χ3v) is 5.13. The fourth-order valence-corrected chi connectivity index (χ4v) is 3.53. The van der Waals surface area contributed by atoms with E-state index in [4.69, 9.17) is 29.1 Å². The van der Waals surface area contributed by atoms with Crippen molar-refractivity contribution < 1.29 is 33.3 Å². The quantitative estimate of drug-likeness (QED) is 0.399. The second kappa shape index (κ2) is 10.9. The summed E-state index contributed by atoms with van der Waals surface area (Å²) in [6.45, 7) is 3.40. The van der Waals surface area contributed by atoms with E-state index in [1.165, 1.54) is 14.0 Å². The minimum Gasteiger partial charge on any atom is -0.467 e. The molecular formula is C24H27NO7. The number of esters is 2. The molecule has 0 radical (unpaired) electrons. The average Bonchev–Trinajstić information content (AvgIpc) is 2.80. The number of hydrogen-bond acceptors (Lipinski definition) is 8. The second-order valence-electron chi connectivity index (χ2n) is 7.48. The van der Waals surface area contributed by atoms with Crippen LogP contribution in [0.4, 0.5) is 0 Å². The molecule has 170 valence electrons. The molecule has 32 heavy (non-hydrogen) atoms. The molecule has 5 atom stereocenters. The van der Waals surface area contributed by atoms with Crippen molar-refractivity contribution >= 4 is 17.8 Å². The van der Waals surface area contributed by atoms with Crippen LogP contribution in [-0.4, -0.2) is 49.5 Å². The van der Waals surface area contributed by atoms with Crippen LogP contribution >= 0.6 is 0 Å². The van der Waals surface area contributed by atoms with Crippen LogP contribution < -0.4 is 0 Å². The summed E-state index contributed by atoms with van der Waals surface area (Å²) in [7, 11) is 1.26. The van der Waals surface area contributed by atoms with Gasteiger partial charge in [0, 0.05) is 12.8 Å². The Balaban J connectivity index is 1.90. The van der Waals surface area contributed by atoms with Crippen LogP contribution in [0.15, 0.2) is 60.7 Å². The van der Waals surface area contributed by atoms with Crippen molar-refractivity contribution in [1.29, 1.82) is 5.41 Å². The molecule has 2 aromatic rings. The topological polar surface area (TPSA) is 104 Å². The lowest BCUT2D eigenvalue weighted by atomic mass is 9.90. The van der Waals surface area contributed by atoms with Crippen molar-refractivity contribution in [3.8, 4) is 0 Å². The molecule has 2 aromatic carbocycles. The zero-order chi connectivity index (χ0) is 23.1. The van der Waals surface area contributed by atoms with E-state index in [9.17, 15) is 9.59 Å². The highest BCUT2D eigenvalue weighted by Gasteiger charge is 2.51. The van der Waals surface area contributed by atoms with Gasteiger partial charge in [-0.15, -0.1) is 0 Å². The monoisotopic (exact) mass is 441 g/mol. The standard InChI is InChI=1S/C24H27NO7/c1-15-19(29-14-17-10-6-4-7-11-17)21(31-22(26)18-12-8-5-9-13-18)24(30-16(2)25)32-20(15)23(27)28-3/h4-13,15,19-21,24-25H,14H2,1-3H3. The summed E-state index contributed by atoms with van der Waals surface area (Å²) in [4.78, 5) is 25.2. The molecule has 1 fully saturated rings. The number of ether oxygens (including phenoxy) is 5. The number of benzene rings is 2. The van der Waals surface area contributed by atoms with Gasteiger partial charge in [0.1, 0.15) is 6.10 Å². The van der Waals surface area contributed by atoms with Gasteiger partial charge in [0.05, 0.1) is 19.3 Å². The van der Waals surface area contributed by atoms with Crippen molar-refractivity contribution in [2.45, 2.75) is 45.1 Å². The van der Waals surface area contributed by atoms with Crippen molar-refractivity contribution in [2.24, 2.45) is 5.92 Å². The van der Waals surface area contributed by atoms with Crippen LogP contribution in [-0.2, 0) is 35.1 Å². The van der Waals surface area contributed by atoms with Gasteiger partial charge >= 0.3 is 11.9 Å². The molecule has 0 bridgehead atoms. The first-order valence-electron chi connectivity index (χ1n) is 10.3. The maximum Gasteiger partial charge on any atom is 0.338 e. The molecule has 1 N–H and O–H groups in total. The molecule has 8 heteroatoms. The summed E-state index contributed by atoms with van der Waals surface area (Å²) in [6, 6.07) is 18.0. The van der Waals surface area contributed by atoms with E-state index in [2.05, 4.69) is 0 Å². The third-order valence-electron chi connectivity index (χ3n) is 5.13. The number of nitrogens with one attached hydrogen (secondary N) is 1. The van der Waals surface area contributed by atoms with Crippen LogP contribution in [0.2, 0.25) is 0 Å². The fourth-order valence-electron chi connectivity index (χ4n) is 3.53. The number of hydrogen-bond donors (Lipinski definition) is 1. The molecule has 0 aromatic heterocycles. The minimum absolute atomic E-state index is 0.157. The van der Waals surface area contributed by atoms with Crippen LogP contribution in [0.3, 0.4) is 0 Å². The SMILES string of the molecule is COC(=O)C1OC(OC(C)=N)C(OC(=O)c2ccccc2)C(OCc2ccccc2)C1C. The van der Waals surface area contributed by atoms with Gasteiger partial charge in [-0.3, -0.25) is 5.41 Å². The normalized spacial score (nSPS) is 24.9. The molecule has 1 heterocycles. The molecule has 0 amide bonds. The minimum atomic E-state index is -1.22. The highest BCUT2D eigenvalue weighted by Crippen LogP contribution is 2.33. The van der Waals surface area contributed by atoms with Crippen molar-refractivity contribution in [3.05, 3.63) is 71.8 Å². The Bertz CT molecular complexity index is 918. The van der Waals surface area contributed by atoms with Gasteiger partial charge in [-0.25, -0.2) is 9.59 Å². The highest BCUT2D eigenvalue weighted by molar-refractivity contribution is 5.89. The maximum atomic E-state index is 12.8. The first-order valence-corrected chi connectivity index (χ1v) is 10.3. The van der Waals surface area contributed by atoms with Crippen LogP contribution in [0.1, 0.15) is 29.8 Å². The van der Waals surface area contributed by atoms with Crippen LogP contribution in [0, 0.1) is 11.3 Å². The van der Waals surface area contributed by atoms with Gasteiger partial charge in [0.2, 0.25) is 6.29 Å². The Morgan fingerprint density at radius 3 is 2.19 bits per heavy atom. The van der Waals surface area contributed by atoms with E-state index in [1.807, 2.05) is 30.3 Å². The van der Waals surface area contributed by atoms with E-state index in [0.717, 1.165) is 5.56 Å². The Hall–Kier alpha value is -3.23. The fraction of sp³-hybridized carbons (Fsp3) is 0.375. The van der Waals surface area contributed by atoms with E-state index < -0.39 is 42.5 Å². The number of carbonyl (C=O) groups is 2. The van der Waals surface area contributed by atoms with E-state index in [0.29, 0.717) is 5.56 Å². The molecular weight excluding hydrogens is 414 g/mol. The number of methoxy groups -OCH3 is 1. The summed E-state index contributed by atoms with van der Waals surface area (Å²) in [6.07, 6.45) is -4.02. The zero-order valence-corrected chi connectivity index (χ0v) is 18.2. The number of rotatable bonds is 7. The summed E-state index contributed by atoms with van der Waals surface area (Å²) >= 11 is 0. The Kier molecular flexibility index (Phi) is 7.97. The van der Waals surface area contributed by atoms with Gasteiger partial charge in [-0.1, -0.05) is 55.5 Å². The van der Waals surface area contributed by atoms with Gasteiger partial charge in [-0.05, 0) is 17.7 Å². The molecule has 1 aliphatic rings. The summed E-state index contributed by atoms with van der Waals surface area (Å²) in [5.41, 5.74) is 1.26. The molecule has 5 unspecified atom stereocenters. The molecule has 8 nitrogen and oxygen atoms in total. The first kappa shape index (κ1) is 23.4. The Morgan fingerprint density at radius 2 is 1.59 bits per heavy atom. The van der Waals surface area contributed by atoms with E-state index in [-0.39, 0.29) is 12.5 Å². The van der Waals surface area contributed by atoms with Crippen molar-refractivity contribution in [3.63, 3.8) is 0 Å². The summed E-state index contributed by atoms with van der Waals surface area (Å²) in [5.74, 6) is -1.87. The van der Waals surface area contributed by atoms with Crippen molar-refractivity contribution in [2.75, 3.05) is 7.11 Å². The molecule has 0 spiro atoms. The Labute approximate surface area is 186 Å². The highest BCUT2D eigenvalue weighted by atomic mass is 16.7. The molecule has 1 aliphatic heterocycles. The third kappa shape index (κ3) is 5.72. The second-order valence-corrected chi connectivity index (χ2v) is 7.48.